The smallest absolute Gasteiger partial charge is 0.259 e. The summed E-state index contributed by atoms with van der Waals surface area (Å²) < 4.78 is 5.41. The number of morpholine rings is 1. The van der Waals surface area contributed by atoms with Crippen LogP contribution in [0.5, 0.6) is 0 Å². The molecule has 28 heavy (non-hydrogen) atoms. The van der Waals surface area contributed by atoms with Gasteiger partial charge in [0.1, 0.15) is 11.6 Å². The highest BCUT2D eigenvalue weighted by Gasteiger charge is 2.12. The average molecular weight is 380 g/mol. The number of nitrogens with one attached hydrogen (secondary N) is 3. The van der Waals surface area contributed by atoms with Crippen molar-refractivity contribution < 1.29 is 4.74 Å². The van der Waals surface area contributed by atoms with Crippen LogP contribution in [-0.4, -0.2) is 49.4 Å². The molecule has 0 unspecified atom stereocenters. The topological polar surface area (TPSA) is 108 Å². The van der Waals surface area contributed by atoms with Crippen molar-refractivity contribution >= 4 is 33.8 Å². The van der Waals surface area contributed by atoms with Gasteiger partial charge in [-0.2, -0.15) is 0 Å². The van der Waals surface area contributed by atoms with Crippen molar-refractivity contribution in [2.24, 2.45) is 5.73 Å². The van der Waals surface area contributed by atoms with Gasteiger partial charge >= 0.3 is 0 Å². The minimum Gasteiger partial charge on any atom is -0.378 e. The SMILES string of the molecule is NCCNc1cc2cc[nH]c(=O)c2c(Nc2ccc(N3CCOCC3)cc2)n1. The highest BCUT2D eigenvalue weighted by Crippen LogP contribution is 2.26. The number of H-pyrrole nitrogens is 1. The lowest BCUT2D eigenvalue weighted by Gasteiger charge is -2.28. The van der Waals surface area contributed by atoms with Crippen molar-refractivity contribution in [3.63, 3.8) is 0 Å². The van der Waals surface area contributed by atoms with Crippen molar-refractivity contribution in [3.05, 3.63) is 52.9 Å². The van der Waals surface area contributed by atoms with E-state index in [1.807, 2.05) is 24.3 Å². The lowest BCUT2D eigenvalue weighted by Crippen LogP contribution is -2.36. The molecule has 0 atom stereocenters. The predicted octanol–water partition coefficient (Wildman–Crippen LogP) is 1.87. The summed E-state index contributed by atoms with van der Waals surface area (Å²) in [6.07, 6.45) is 1.64. The number of fused-ring (bicyclic) bond motifs is 1. The number of nitrogens with two attached hydrogens (primary N) is 1. The maximum Gasteiger partial charge on any atom is 0.259 e. The van der Waals surface area contributed by atoms with Crippen LogP contribution in [-0.2, 0) is 4.74 Å². The van der Waals surface area contributed by atoms with Crippen molar-refractivity contribution in [2.45, 2.75) is 0 Å². The molecule has 0 radical (unpaired) electrons. The maximum absolute atomic E-state index is 12.4. The monoisotopic (exact) mass is 380 g/mol. The average Bonchev–Trinajstić information content (AvgIpc) is 2.73. The van der Waals surface area contributed by atoms with Crippen LogP contribution in [0, 0.1) is 0 Å². The normalized spacial score (nSPS) is 14.2. The van der Waals surface area contributed by atoms with E-state index in [1.165, 1.54) is 0 Å². The Hall–Kier alpha value is -3.10. The second-order valence-electron chi connectivity index (χ2n) is 6.61. The van der Waals surface area contributed by atoms with Gasteiger partial charge in [0.2, 0.25) is 0 Å². The largest absolute Gasteiger partial charge is 0.378 e. The van der Waals surface area contributed by atoms with Gasteiger partial charge in [-0.1, -0.05) is 0 Å². The summed E-state index contributed by atoms with van der Waals surface area (Å²) in [4.78, 5) is 22.0. The van der Waals surface area contributed by atoms with E-state index in [9.17, 15) is 4.79 Å². The Morgan fingerprint density at radius 1 is 1.18 bits per heavy atom. The molecule has 146 valence electrons. The first-order valence-corrected chi connectivity index (χ1v) is 9.41. The Morgan fingerprint density at radius 3 is 2.71 bits per heavy atom. The van der Waals surface area contributed by atoms with E-state index in [1.54, 1.807) is 6.20 Å². The molecule has 0 amide bonds. The molecule has 1 aliphatic heterocycles. The fourth-order valence-corrected chi connectivity index (χ4v) is 3.31. The minimum atomic E-state index is -0.178. The van der Waals surface area contributed by atoms with Crippen molar-refractivity contribution in [1.82, 2.24) is 9.97 Å². The number of aromatic amines is 1. The van der Waals surface area contributed by atoms with Gasteiger partial charge in [0.25, 0.3) is 5.56 Å². The van der Waals surface area contributed by atoms with Gasteiger partial charge in [-0.15, -0.1) is 0 Å². The third-order valence-corrected chi connectivity index (χ3v) is 4.71. The van der Waals surface area contributed by atoms with Crippen LogP contribution < -0.4 is 26.8 Å². The third kappa shape index (κ3) is 3.92. The third-order valence-electron chi connectivity index (χ3n) is 4.71. The van der Waals surface area contributed by atoms with Crippen molar-refractivity contribution in [2.75, 3.05) is 54.9 Å². The highest BCUT2D eigenvalue weighted by atomic mass is 16.5. The number of benzene rings is 1. The van der Waals surface area contributed by atoms with Crippen molar-refractivity contribution in [1.29, 1.82) is 0 Å². The van der Waals surface area contributed by atoms with Crippen LogP contribution in [0.15, 0.2) is 47.4 Å². The number of anilines is 4. The Balaban J connectivity index is 1.63. The van der Waals surface area contributed by atoms with Crippen LogP contribution in [0.25, 0.3) is 10.8 Å². The quantitative estimate of drug-likeness (QED) is 0.517. The van der Waals surface area contributed by atoms with Gasteiger partial charge in [0, 0.05) is 43.8 Å². The van der Waals surface area contributed by atoms with E-state index in [-0.39, 0.29) is 5.56 Å². The van der Waals surface area contributed by atoms with Gasteiger partial charge in [-0.3, -0.25) is 4.79 Å². The Bertz CT molecular complexity index is 996. The molecule has 0 spiro atoms. The number of aromatic nitrogens is 2. The maximum atomic E-state index is 12.4. The molecule has 1 saturated heterocycles. The van der Waals surface area contributed by atoms with E-state index in [4.69, 9.17) is 10.5 Å². The standard InChI is InChI=1S/C20H24N6O2/c21-6-8-22-17-13-14-5-7-23-20(27)18(14)19(25-17)24-15-1-3-16(4-2-15)26-9-11-28-12-10-26/h1-5,7,13H,6,8-12,21H2,(H,23,27)(H2,22,24,25). The lowest BCUT2D eigenvalue weighted by molar-refractivity contribution is 0.122. The summed E-state index contributed by atoms with van der Waals surface area (Å²) in [5.41, 5.74) is 7.42. The first-order chi connectivity index (χ1) is 13.7. The summed E-state index contributed by atoms with van der Waals surface area (Å²) in [6.45, 7) is 4.39. The summed E-state index contributed by atoms with van der Waals surface area (Å²) >= 11 is 0. The first-order valence-electron chi connectivity index (χ1n) is 9.41. The van der Waals surface area contributed by atoms with Gasteiger partial charge in [-0.25, -0.2) is 4.98 Å². The second kappa shape index (κ2) is 8.28. The van der Waals surface area contributed by atoms with Gasteiger partial charge in [0.15, 0.2) is 0 Å². The van der Waals surface area contributed by atoms with Crippen LogP contribution in [0.1, 0.15) is 0 Å². The molecule has 0 bridgehead atoms. The molecule has 2 aromatic heterocycles. The number of nitrogens with zero attached hydrogens (tertiary/aromatic N) is 2. The van der Waals surface area contributed by atoms with E-state index >= 15 is 0 Å². The first kappa shape index (κ1) is 18.3. The molecule has 0 aliphatic carbocycles. The summed E-state index contributed by atoms with van der Waals surface area (Å²) in [6, 6.07) is 11.8. The molecule has 4 rings (SSSR count). The molecule has 1 fully saturated rings. The Labute approximate surface area is 162 Å². The van der Waals surface area contributed by atoms with Gasteiger partial charge in [0.05, 0.1) is 18.6 Å². The minimum absolute atomic E-state index is 0.178. The fourth-order valence-electron chi connectivity index (χ4n) is 3.31. The van der Waals surface area contributed by atoms with Crippen LogP contribution in [0.3, 0.4) is 0 Å². The molecule has 3 heterocycles. The Morgan fingerprint density at radius 2 is 1.96 bits per heavy atom. The number of pyridine rings is 2. The number of hydrogen-bond acceptors (Lipinski definition) is 7. The molecule has 1 aliphatic rings. The molecule has 3 aromatic rings. The summed E-state index contributed by atoms with van der Waals surface area (Å²) in [7, 11) is 0. The summed E-state index contributed by atoms with van der Waals surface area (Å²) in [5.74, 6) is 1.19. The van der Waals surface area contributed by atoms with Crippen LogP contribution in [0.4, 0.5) is 23.0 Å². The van der Waals surface area contributed by atoms with Crippen LogP contribution in [0.2, 0.25) is 0 Å². The van der Waals surface area contributed by atoms with Gasteiger partial charge in [-0.05, 0) is 41.8 Å². The molecule has 8 nitrogen and oxygen atoms in total. The highest BCUT2D eigenvalue weighted by molar-refractivity contribution is 5.94. The molecule has 5 N–H and O–H groups in total. The second-order valence-corrected chi connectivity index (χ2v) is 6.61. The number of hydrogen-bond donors (Lipinski definition) is 4. The molecule has 1 aromatic carbocycles. The van der Waals surface area contributed by atoms with Gasteiger partial charge < -0.3 is 31.0 Å². The lowest BCUT2D eigenvalue weighted by atomic mass is 10.2. The fraction of sp³-hybridized carbons (Fsp3) is 0.300. The molecular formula is C20H24N6O2. The predicted molar refractivity (Wildman–Crippen MR) is 113 cm³/mol. The van der Waals surface area contributed by atoms with E-state index in [0.29, 0.717) is 30.1 Å². The molecule has 8 heteroatoms. The van der Waals surface area contributed by atoms with E-state index < -0.39 is 0 Å². The zero-order valence-electron chi connectivity index (χ0n) is 15.6. The van der Waals surface area contributed by atoms with Crippen LogP contribution >= 0.6 is 0 Å². The van der Waals surface area contributed by atoms with E-state index in [0.717, 1.165) is 43.1 Å². The zero-order valence-corrected chi connectivity index (χ0v) is 15.6. The Kier molecular flexibility index (Phi) is 5.41. The number of rotatable bonds is 6. The molecule has 0 saturated carbocycles. The molecular weight excluding hydrogens is 356 g/mol. The number of ether oxygens (including phenoxy) is 1. The summed E-state index contributed by atoms with van der Waals surface area (Å²) in [5, 5.41) is 7.80. The van der Waals surface area contributed by atoms with Crippen molar-refractivity contribution in [3.8, 4) is 0 Å². The zero-order chi connectivity index (χ0) is 19.3. The van der Waals surface area contributed by atoms with E-state index in [2.05, 4.69) is 37.6 Å².